The first-order valence-electron chi connectivity index (χ1n) is 5.54. The van der Waals surface area contributed by atoms with Crippen molar-refractivity contribution in [2.24, 2.45) is 0 Å². The zero-order valence-corrected chi connectivity index (χ0v) is 11.7. The van der Waals surface area contributed by atoms with Gasteiger partial charge in [0.05, 0.1) is 6.54 Å². The Bertz CT molecular complexity index is 191. The Morgan fingerprint density at radius 2 is 1.41 bits per heavy atom. The molecule has 0 fully saturated rings. The highest BCUT2D eigenvalue weighted by Gasteiger charge is 2.63. The molecule has 0 saturated heterocycles. The predicted octanol–water partition coefficient (Wildman–Crippen LogP) is -0.0386. The third kappa shape index (κ3) is 8.32. The minimum atomic E-state index is -4.47. The van der Waals surface area contributed by atoms with Gasteiger partial charge in [0.25, 0.3) is 0 Å². The van der Waals surface area contributed by atoms with Crippen LogP contribution in [0.2, 0.25) is 0 Å². The van der Waals surface area contributed by atoms with Crippen LogP contribution in [0.15, 0.2) is 0 Å². The average molecular weight is 291 g/mol. The van der Waals surface area contributed by atoms with Crippen LogP contribution >= 0.6 is 15.9 Å². The molecule has 104 valence electrons. The van der Waals surface area contributed by atoms with Gasteiger partial charge in [0.1, 0.15) is 0 Å². The molecule has 0 aromatic rings. The van der Waals surface area contributed by atoms with E-state index in [9.17, 15) is 0 Å². The van der Waals surface area contributed by atoms with Crippen molar-refractivity contribution < 1.29 is 29.4 Å². The molecule has 0 atom stereocenters. The number of hydrogen-bond acceptors (Lipinski definition) is 7. The summed E-state index contributed by atoms with van der Waals surface area (Å²) in [5.41, 5.74) is 0. The van der Waals surface area contributed by atoms with E-state index < -0.39 is 21.3 Å². The van der Waals surface area contributed by atoms with Crippen LogP contribution in [0.3, 0.4) is 0 Å². The normalized spacial score (nSPS) is 13.4. The molecule has 0 heterocycles. The molecule has 0 spiro atoms. The van der Waals surface area contributed by atoms with E-state index in [-0.39, 0.29) is 6.54 Å². The molecule has 0 aromatic heterocycles. The van der Waals surface area contributed by atoms with Crippen LogP contribution in [0.5, 0.6) is 0 Å². The molecule has 0 bridgehead atoms. The number of unbranched alkanes of at least 4 members (excludes halogenated alkanes) is 3. The van der Waals surface area contributed by atoms with Crippen molar-refractivity contribution in [3.05, 3.63) is 0 Å². The van der Waals surface area contributed by atoms with Gasteiger partial charge in [0.15, 0.2) is 0 Å². The number of hydrogen-bond donors (Lipinski definition) is 7. The molecule has 0 unspecified atom stereocenters. The third-order valence-corrected chi connectivity index (χ3v) is 6.16. The molecule has 0 saturated carbocycles. The topological polar surface area (TPSA) is 133 Å². The van der Waals surface area contributed by atoms with Gasteiger partial charge in [-0.15, -0.1) is 0 Å². The Morgan fingerprint density at radius 3 is 1.82 bits per heavy atom. The maximum absolute atomic E-state index is 8.98. The molecule has 7 nitrogen and oxygen atoms in total. The van der Waals surface area contributed by atoms with Crippen LogP contribution in [0.1, 0.15) is 32.6 Å². The van der Waals surface area contributed by atoms with E-state index in [0.717, 1.165) is 25.7 Å². The monoisotopic (exact) mass is 291 g/mol. The van der Waals surface area contributed by atoms with Crippen molar-refractivity contribution in [1.82, 2.24) is 5.32 Å². The third-order valence-electron chi connectivity index (χ3n) is 2.33. The van der Waals surface area contributed by atoms with Gasteiger partial charge in [0.2, 0.25) is 0 Å². The summed E-state index contributed by atoms with van der Waals surface area (Å²) in [6, 6.07) is 0. The average Bonchev–Trinajstić information content (AvgIpc) is 2.12. The van der Waals surface area contributed by atoms with Gasteiger partial charge in [-0.3, -0.25) is 0 Å². The molecule has 0 aliphatic carbocycles. The van der Waals surface area contributed by atoms with Crippen LogP contribution in [0.25, 0.3) is 0 Å². The summed E-state index contributed by atoms with van der Waals surface area (Å²) in [5, 5.41) is 1.03. The Hall–Kier alpha value is 0.580. The summed E-state index contributed by atoms with van der Waals surface area (Å²) in [4.78, 5) is 53.9. The van der Waals surface area contributed by atoms with Crippen molar-refractivity contribution >= 4 is 15.9 Å². The largest absolute Gasteiger partial charge is 0.456 e. The van der Waals surface area contributed by atoms with E-state index in [1.807, 2.05) is 0 Å². The van der Waals surface area contributed by atoms with Crippen molar-refractivity contribution in [1.29, 1.82) is 0 Å². The minimum Gasteiger partial charge on any atom is -0.309 e. The highest BCUT2D eigenvalue weighted by atomic mass is 31.3. The molecule has 17 heavy (non-hydrogen) atoms. The van der Waals surface area contributed by atoms with E-state index in [2.05, 4.69) is 12.2 Å². The van der Waals surface area contributed by atoms with Crippen LogP contribution < -0.4 is 5.32 Å². The summed E-state index contributed by atoms with van der Waals surface area (Å²) >= 11 is 0. The first-order chi connectivity index (χ1) is 7.69. The van der Waals surface area contributed by atoms with Crippen LogP contribution in [0, 0.1) is 0 Å². The van der Waals surface area contributed by atoms with Crippen molar-refractivity contribution in [3.8, 4) is 0 Å². The van der Waals surface area contributed by atoms with E-state index in [0.29, 0.717) is 6.54 Å². The van der Waals surface area contributed by atoms with Gasteiger partial charge in [-0.1, -0.05) is 26.2 Å². The van der Waals surface area contributed by atoms with Gasteiger partial charge in [-0.25, -0.2) is 0 Å². The first-order valence-corrected chi connectivity index (χ1v) is 8.97. The lowest BCUT2D eigenvalue weighted by Crippen LogP contribution is -2.31. The van der Waals surface area contributed by atoms with Crippen LogP contribution in [-0.2, 0) is 0 Å². The van der Waals surface area contributed by atoms with Gasteiger partial charge >= 0.3 is 21.3 Å². The number of rotatable bonds is 9. The molecule has 0 amide bonds. The van der Waals surface area contributed by atoms with E-state index in [1.54, 1.807) is 0 Å². The molecule has 9 heteroatoms. The lowest BCUT2D eigenvalue weighted by atomic mass is 10.2. The molecular weight excluding hydrogens is 268 g/mol. The highest BCUT2D eigenvalue weighted by molar-refractivity contribution is 7.77. The summed E-state index contributed by atoms with van der Waals surface area (Å²) < 4.78 is 0. The standard InChI is InChI=1S/C8H23NO6P2/c1-2-3-4-5-6-9-7-8(16(10,11)12)17(13,14)15/h8-15H,2-7H2,1H3/q+2. The van der Waals surface area contributed by atoms with E-state index in [4.69, 9.17) is 29.4 Å². The van der Waals surface area contributed by atoms with E-state index >= 15 is 0 Å². The Kier molecular flexibility index (Phi) is 8.16. The highest BCUT2D eigenvalue weighted by Crippen LogP contribution is 2.68. The van der Waals surface area contributed by atoms with Crippen molar-refractivity contribution in [2.75, 3.05) is 13.1 Å². The smallest absolute Gasteiger partial charge is 0.309 e. The maximum atomic E-state index is 8.98. The molecule has 0 radical (unpaired) electrons. The lowest BCUT2D eigenvalue weighted by molar-refractivity contribution is 0.289. The zero-order chi connectivity index (χ0) is 13.5. The maximum Gasteiger partial charge on any atom is 0.456 e. The molecule has 7 N–H and O–H groups in total. The Labute approximate surface area is 102 Å². The lowest BCUT2D eigenvalue weighted by Gasteiger charge is -2.17. The second-order valence-corrected chi connectivity index (χ2v) is 8.09. The van der Waals surface area contributed by atoms with Crippen LogP contribution in [-0.4, -0.2) is 47.9 Å². The summed E-state index contributed by atoms with van der Waals surface area (Å²) in [6.07, 6.45) is 4.07. The summed E-state index contributed by atoms with van der Waals surface area (Å²) in [7, 11) is -8.94. The second kappa shape index (κ2) is 7.89. The Balaban J connectivity index is 3.95. The predicted molar refractivity (Wildman–Crippen MR) is 68.0 cm³/mol. The Morgan fingerprint density at radius 1 is 0.882 bits per heavy atom. The second-order valence-electron chi connectivity index (χ2n) is 3.97. The molecular formula is C8H23NO6P2+2. The fourth-order valence-electron chi connectivity index (χ4n) is 1.36. The van der Waals surface area contributed by atoms with Gasteiger partial charge in [-0.05, 0) is 13.0 Å². The molecule has 0 aliphatic heterocycles. The van der Waals surface area contributed by atoms with Crippen LogP contribution in [0.4, 0.5) is 0 Å². The molecule has 0 aromatic carbocycles. The quantitative estimate of drug-likeness (QED) is 0.234. The number of nitrogens with one attached hydrogen (secondary N) is 1. The van der Waals surface area contributed by atoms with Gasteiger partial charge in [-0.2, -0.15) is 29.4 Å². The fourth-order valence-corrected chi connectivity index (χ4v) is 3.77. The van der Waals surface area contributed by atoms with Crippen molar-refractivity contribution in [3.63, 3.8) is 0 Å². The summed E-state index contributed by atoms with van der Waals surface area (Å²) in [5.74, 6) is 0. The summed E-state index contributed by atoms with van der Waals surface area (Å²) in [6.45, 7) is 2.38. The zero-order valence-electron chi connectivity index (χ0n) is 9.90. The minimum absolute atomic E-state index is 0.249. The molecule has 0 aliphatic rings. The van der Waals surface area contributed by atoms with Crippen molar-refractivity contribution in [2.45, 2.75) is 38.0 Å². The van der Waals surface area contributed by atoms with E-state index in [1.165, 1.54) is 0 Å². The SMILES string of the molecule is CCCCCCNCC([P+](O)(O)O)[P+](O)(O)O. The first kappa shape index (κ1) is 17.6. The molecule has 0 rings (SSSR count). The van der Waals surface area contributed by atoms with Gasteiger partial charge < -0.3 is 5.32 Å². The fraction of sp³-hybridized carbons (Fsp3) is 1.00. The van der Waals surface area contributed by atoms with Gasteiger partial charge in [0, 0.05) is 0 Å².